The molecule has 2 aliphatic heterocycles. The number of sulfonamides is 2. The smallest absolute Gasteiger partial charge is 0.261 e. The molecule has 3 fully saturated rings. The summed E-state index contributed by atoms with van der Waals surface area (Å²) in [6.07, 6.45) is 3.09. The van der Waals surface area contributed by atoms with Crippen LogP contribution in [0.1, 0.15) is 61.4 Å². The van der Waals surface area contributed by atoms with Crippen LogP contribution in [0.3, 0.4) is 0 Å². The first-order chi connectivity index (χ1) is 30.6. The van der Waals surface area contributed by atoms with Crippen molar-refractivity contribution in [1.29, 1.82) is 0 Å². The van der Waals surface area contributed by atoms with Gasteiger partial charge in [0.05, 0.1) is 29.0 Å². The van der Waals surface area contributed by atoms with Gasteiger partial charge in [0.25, 0.3) is 10.0 Å². The van der Waals surface area contributed by atoms with Crippen molar-refractivity contribution in [3.63, 3.8) is 0 Å². The molecule has 1 unspecified atom stereocenters. The quantitative estimate of drug-likeness (QED) is 0.0741. The summed E-state index contributed by atoms with van der Waals surface area (Å²) >= 11 is 0. The SMILES string of the molecule is CCN(CC)CCOc1ccc(NS(=O)(=O)c2ccc(CNCCCN3CCOCC3c3ccc(CN(CC4CC4)S(=O)(=O)c4ccc(CN5CCNCC5)cc4)cc3)cc2)cc1. The van der Waals surface area contributed by atoms with Crippen molar-refractivity contribution < 1.29 is 26.3 Å². The highest BCUT2D eigenvalue weighted by molar-refractivity contribution is 7.92. The molecule has 7 rings (SSSR count). The van der Waals surface area contributed by atoms with Crippen LogP contribution >= 0.6 is 0 Å². The Balaban J connectivity index is 0.856. The molecule has 63 heavy (non-hydrogen) atoms. The van der Waals surface area contributed by atoms with Gasteiger partial charge in [0.2, 0.25) is 10.0 Å². The van der Waals surface area contributed by atoms with Crippen molar-refractivity contribution >= 4 is 25.7 Å². The van der Waals surface area contributed by atoms with Crippen LogP contribution in [-0.4, -0.2) is 128 Å². The predicted octanol–water partition coefficient (Wildman–Crippen LogP) is 5.77. The standard InChI is InChI=1S/C48H67N7O6S2/c1-3-52(4-2)30-33-61-45-18-16-44(17-19-45)51-62(56,57)46-20-10-39(11-21-46)34-50-24-5-27-54-31-32-60-38-48(54)43-14-8-42(9-15-43)37-55(36-41-6-7-41)63(58,59)47-22-12-40(13-23-47)35-53-28-25-49-26-29-53/h8-23,41,48-51H,3-7,24-38H2,1-2H3. The van der Waals surface area contributed by atoms with E-state index in [9.17, 15) is 16.8 Å². The average Bonchev–Trinajstić information content (AvgIpc) is 4.13. The Kier molecular flexibility index (Phi) is 17.1. The van der Waals surface area contributed by atoms with Crippen molar-refractivity contribution in [2.45, 2.75) is 68.6 Å². The van der Waals surface area contributed by atoms with E-state index in [1.807, 2.05) is 24.3 Å². The van der Waals surface area contributed by atoms with Gasteiger partial charge in [-0.05, 0) is 116 Å². The molecule has 4 aromatic rings. The van der Waals surface area contributed by atoms with E-state index in [1.54, 1.807) is 52.8 Å². The van der Waals surface area contributed by atoms with Gasteiger partial charge in [-0.15, -0.1) is 0 Å². The largest absolute Gasteiger partial charge is 0.492 e. The molecule has 0 aromatic heterocycles. The highest BCUT2D eigenvalue weighted by Crippen LogP contribution is 2.33. The molecule has 1 atom stereocenters. The predicted molar refractivity (Wildman–Crippen MR) is 250 cm³/mol. The molecule has 3 N–H and O–H groups in total. The number of nitrogens with one attached hydrogen (secondary N) is 3. The lowest BCUT2D eigenvalue weighted by Crippen LogP contribution is -2.42. The number of rotatable bonds is 24. The van der Waals surface area contributed by atoms with Crippen LogP contribution < -0.4 is 20.1 Å². The van der Waals surface area contributed by atoms with Crippen LogP contribution in [0.25, 0.3) is 0 Å². The number of anilines is 1. The van der Waals surface area contributed by atoms with Crippen molar-refractivity contribution in [3.8, 4) is 5.75 Å². The third-order valence-electron chi connectivity index (χ3n) is 12.3. The van der Waals surface area contributed by atoms with Crippen molar-refractivity contribution in [1.82, 2.24) is 29.6 Å². The number of morpholine rings is 1. The first kappa shape index (κ1) is 47.1. The van der Waals surface area contributed by atoms with Gasteiger partial charge in [0, 0.05) is 77.7 Å². The fraction of sp³-hybridized carbons (Fsp3) is 0.500. The number of hydrogen-bond donors (Lipinski definition) is 3. The molecule has 2 saturated heterocycles. The van der Waals surface area contributed by atoms with E-state index < -0.39 is 20.0 Å². The molecular formula is C48H67N7O6S2. The molecule has 0 spiro atoms. The van der Waals surface area contributed by atoms with Crippen LogP contribution in [0, 0.1) is 5.92 Å². The van der Waals surface area contributed by atoms with Gasteiger partial charge >= 0.3 is 0 Å². The Bertz CT molecular complexity index is 2210. The summed E-state index contributed by atoms with van der Waals surface area (Å²) in [5.41, 5.74) is 4.77. The van der Waals surface area contributed by atoms with Crippen LogP contribution in [0.4, 0.5) is 5.69 Å². The normalized spacial score (nSPS) is 17.9. The summed E-state index contributed by atoms with van der Waals surface area (Å²) in [5, 5.41) is 6.90. The van der Waals surface area contributed by atoms with Gasteiger partial charge < -0.3 is 25.0 Å². The second-order valence-electron chi connectivity index (χ2n) is 17.0. The van der Waals surface area contributed by atoms with E-state index >= 15 is 0 Å². The first-order valence-corrected chi connectivity index (χ1v) is 25.7. The Morgan fingerprint density at radius 3 is 2.14 bits per heavy atom. The summed E-state index contributed by atoms with van der Waals surface area (Å²) in [4.78, 5) is 7.72. The maximum atomic E-state index is 14.0. The molecule has 2 heterocycles. The fourth-order valence-electron chi connectivity index (χ4n) is 8.23. The second-order valence-corrected chi connectivity index (χ2v) is 20.6. The summed E-state index contributed by atoms with van der Waals surface area (Å²) in [6.45, 7) is 17.8. The van der Waals surface area contributed by atoms with Crippen LogP contribution in [0.2, 0.25) is 0 Å². The van der Waals surface area contributed by atoms with Gasteiger partial charge in [-0.3, -0.25) is 14.5 Å². The first-order valence-electron chi connectivity index (χ1n) is 22.8. The summed E-state index contributed by atoms with van der Waals surface area (Å²) in [6, 6.07) is 30.0. The molecule has 342 valence electrons. The number of hydrogen-bond acceptors (Lipinski definition) is 11. The molecule has 0 amide bonds. The van der Waals surface area contributed by atoms with E-state index in [0.29, 0.717) is 61.7 Å². The van der Waals surface area contributed by atoms with E-state index in [1.165, 1.54) is 5.56 Å². The van der Waals surface area contributed by atoms with E-state index in [2.05, 4.69) is 68.2 Å². The Labute approximate surface area is 376 Å². The number of piperazine rings is 1. The zero-order valence-electron chi connectivity index (χ0n) is 37.1. The zero-order valence-corrected chi connectivity index (χ0v) is 38.7. The van der Waals surface area contributed by atoms with Gasteiger partial charge in [-0.1, -0.05) is 62.4 Å². The summed E-state index contributed by atoms with van der Waals surface area (Å²) in [5.74, 6) is 1.12. The molecule has 0 bridgehead atoms. The Hall–Kier alpha value is -3.90. The molecular weight excluding hydrogens is 835 g/mol. The van der Waals surface area contributed by atoms with Crippen LogP contribution in [0.15, 0.2) is 107 Å². The van der Waals surface area contributed by atoms with E-state index in [4.69, 9.17) is 9.47 Å². The third kappa shape index (κ3) is 13.8. The van der Waals surface area contributed by atoms with E-state index in [-0.39, 0.29) is 10.9 Å². The topological polar surface area (TPSA) is 136 Å². The van der Waals surface area contributed by atoms with Gasteiger partial charge in [0.15, 0.2) is 0 Å². The van der Waals surface area contributed by atoms with Gasteiger partial charge in [-0.25, -0.2) is 16.8 Å². The van der Waals surface area contributed by atoms with Gasteiger partial charge in [-0.2, -0.15) is 4.31 Å². The van der Waals surface area contributed by atoms with Crippen molar-refractivity contribution in [2.75, 3.05) is 96.5 Å². The van der Waals surface area contributed by atoms with Crippen LogP contribution in [-0.2, 0) is 44.4 Å². The fourth-order valence-corrected chi connectivity index (χ4v) is 10.8. The number of nitrogens with zero attached hydrogens (tertiary/aromatic N) is 4. The number of benzene rings is 4. The molecule has 4 aromatic carbocycles. The monoisotopic (exact) mass is 901 g/mol. The minimum atomic E-state index is -3.74. The highest BCUT2D eigenvalue weighted by Gasteiger charge is 2.32. The average molecular weight is 902 g/mol. The molecule has 0 radical (unpaired) electrons. The van der Waals surface area contributed by atoms with Crippen LogP contribution in [0.5, 0.6) is 5.75 Å². The summed E-state index contributed by atoms with van der Waals surface area (Å²) < 4.78 is 70.3. The zero-order chi connectivity index (χ0) is 44.1. The van der Waals surface area contributed by atoms with E-state index in [0.717, 1.165) is 108 Å². The lowest BCUT2D eigenvalue weighted by Gasteiger charge is -2.36. The minimum absolute atomic E-state index is 0.121. The molecule has 1 aliphatic carbocycles. The molecule has 15 heteroatoms. The third-order valence-corrected chi connectivity index (χ3v) is 15.6. The van der Waals surface area contributed by atoms with Crippen molar-refractivity contribution in [2.24, 2.45) is 5.92 Å². The maximum Gasteiger partial charge on any atom is 0.261 e. The summed E-state index contributed by atoms with van der Waals surface area (Å²) in [7, 11) is -7.40. The minimum Gasteiger partial charge on any atom is -0.492 e. The number of likely N-dealkylation sites (N-methyl/N-ethyl adjacent to an activating group) is 1. The molecule has 3 aliphatic rings. The molecule has 13 nitrogen and oxygen atoms in total. The molecule has 1 saturated carbocycles. The maximum absolute atomic E-state index is 14.0. The van der Waals surface area contributed by atoms with Crippen molar-refractivity contribution in [3.05, 3.63) is 119 Å². The lowest BCUT2D eigenvalue weighted by atomic mass is 10.0. The Morgan fingerprint density at radius 2 is 1.46 bits per heavy atom. The Morgan fingerprint density at radius 1 is 0.794 bits per heavy atom. The van der Waals surface area contributed by atoms with Gasteiger partial charge in [0.1, 0.15) is 12.4 Å². The highest BCUT2D eigenvalue weighted by atomic mass is 32.2. The second kappa shape index (κ2) is 22.8. The lowest BCUT2D eigenvalue weighted by molar-refractivity contribution is -0.00880. The number of ether oxygens (including phenoxy) is 2.